The quantitative estimate of drug-likeness (QED) is 0.667. The van der Waals surface area contributed by atoms with Crippen LogP contribution in [0.1, 0.15) is 28.9 Å². The summed E-state index contributed by atoms with van der Waals surface area (Å²) in [4.78, 5) is 12.3. The summed E-state index contributed by atoms with van der Waals surface area (Å²) < 4.78 is 42.0. The van der Waals surface area contributed by atoms with Crippen LogP contribution in [-0.4, -0.2) is 14.3 Å². The molecule has 0 aliphatic heterocycles. The van der Waals surface area contributed by atoms with Gasteiger partial charge >= 0.3 is 6.18 Å². The third-order valence-electron chi connectivity index (χ3n) is 4.70. The molecule has 27 heavy (non-hydrogen) atoms. The number of pyridine rings is 1. The van der Waals surface area contributed by atoms with Crippen molar-refractivity contribution in [3.05, 3.63) is 80.5 Å². The van der Waals surface area contributed by atoms with Gasteiger partial charge in [-0.15, -0.1) is 0 Å². The molecule has 0 saturated heterocycles. The minimum absolute atomic E-state index is 0.0510. The summed E-state index contributed by atoms with van der Waals surface area (Å²) in [6.45, 7) is -0.0510. The maximum absolute atomic E-state index is 13.1. The number of para-hydroxylation sites is 1. The molecule has 0 saturated carbocycles. The highest BCUT2D eigenvalue weighted by Gasteiger charge is 2.32. The van der Waals surface area contributed by atoms with Crippen molar-refractivity contribution in [2.45, 2.75) is 32.0 Å². The van der Waals surface area contributed by atoms with E-state index >= 15 is 0 Å². The molecular weight excluding hydrogens is 379 g/mol. The van der Waals surface area contributed by atoms with E-state index in [0.717, 1.165) is 47.0 Å². The number of halogens is 4. The molecule has 0 fully saturated rings. The molecule has 2 aromatic heterocycles. The molecule has 0 bridgehead atoms. The molecule has 140 valence electrons. The Bertz CT molecular complexity index is 1050. The minimum Gasteiger partial charge on any atom is -0.308 e. The van der Waals surface area contributed by atoms with Gasteiger partial charge < -0.3 is 4.57 Å². The Labute approximate surface area is 157 Å². The van der Waals surface area contributed by atoms with Crippen LogP contribution in [0.2, 0.25) is 5.02 Å². The normalized spacial score (nSPS) is 13.8. The number of alkyl halides is 3. The molecule has 2 heterocycles. The molecule has 0 spiro atoms. The fraction of sp³-hybridized carbons (Fsp3) is 0.263. The largest absolute Gasteiger partial charge is 0.417 e. The van der Waals surface area contributed by atoms with Gasteiger partial charge in [0.25, 0.3) is 5.56 Å². The Morgan fingerprint density at radius 2 is 1.89 bits per heavy atom. The van der Waals surface area contributed by atoms with Crippen LogP contribution in [0.4, 0.5) is 13.2 Å². The number of aromatic nitrogens is 3. The molecule has 4 nitrogen and oxygen atoms in total. The van der Waals surface area contributed by atoms with E-state index in [0.29, 0.717) is 11.8 Å². The summed E-state index contributed by atoms with van der Waals surface area (Å²) in [5.41, 5.74) is 1.92. The number of rotatable bonds is 3. The zero-order valence-corrected chi connectivity index (χ0v) is 14.9. The van der Waals surface area contributed by atoms with E-state index in [1.54, 1.807) is 0 Å². The summed E-state index contributed by atoms with van der Waals surface area (Å²) in [7, 11) is 0. The average Bonchev–Trinajstić information content (AvgIpc) is 3.22. The second-order valence-electron chi connectivity index (χ2n) is 6.48. The van der Waals surface area contributed by atoms with E-state index in [-0.39, 0.29) is 6.54 Å². The molecule has 4 rings (SSSR count). The number of hydrogen-bond acceptors (Lipinski definition) is 2. The lowest BCUT2D eigenvalue weighted by molar-refractivity contribution is -0.138. The maximum Gasteiger partial charge on any atom is 0.417 e. The minimum atomic E-state index is -4.58. The number of fused-ring (bicyclic) bond motifs is 1. The van der Waals surface area contributed by atoms with Gasteiger partial charge in [-0.05, 0) is 43.0 Å². The summed E-state index contributed by atoms with van der Waals surface area (Å²) in [5.74, 6) is 0. The maximum atomic E-state index is 13.1. The lowest BCUT2D eigenvalue weighted by Crippen LogP contribution is -2.24. The van der Waals surface area contributed by atoms with Crippen molar-refractivity contribution in [3.63, 3.8) is 0 Å². The Balaban J connectivity index is 1.79. The molecule has 8 heteroatoms. The van der Waals surface area contributed by atoms with Crippen LogP contribution in [-0.2, 0) is 25.6 Å². The fourth-order valence-corrected chi connectivity index (χ4v) is 3.68. The second kappa shape index (κ2) is 6.56. The van der Waals surface area contributed by atoms with Crippen molar-refractivity contribution in [2.24, 2.45) is 0 Å². The van der Waals surface area contributed by atoms with Gasteiger partial charge in [0.15, 0.2) is 0 Å². The van der Waals surface area contributed by atoms with Crippen molar-refractivity contribution in [1.82, 2.24) is 14.3 Å². The van der Waals surface area contributed by atoms with Gasteiger partial charge in [-0.2, -0.15) is 18.3 Å². The van der Waals surface area contributed by atoms with Crippen LogP contribution in [0.15, 0.2) is 47.4 Å². The van der Waals surface area contributed by atoms with Crippen LogP contribution >= 0.6 is 11.6 Å². The highest BCUT2D eigenvalue weighted by molar-refractivity contribution is 6.30. The van der Waals surface area contributed by atoms with Crippen LogP contribution < -0.4 is 5.56 Å². The topological polar surface area (TPSA) is 39.8 Å². The fourth-order valence-electron chi connectivity index (χ4n) is 3.46. The third-order valence-corrected chi connectivity index (χ3v) is 4.97. The number of benzene rings is 1. The lowest BCUT2D eigenvalue weighted by Gasteiger charge is -2.11. The van der Waals surface area contributed by atoms with Gasteiger partial charge in [0.1, 0.15) is 5.02 Å². The average molecular weight is 394 g/mol. The first-order chi connectivity index (χ1) is 12.8. The monoisotopic (exact) mass is 393 g/mol. The predicted molar refractivity (Wildman–Crippen MR) is 95.4 cm³/mol. The van der Waals surface area contributed by atoms with Gasteiger partial charge in [-0.1, -0.05) is 29.8 Å². The van der Waals surface area contributed by atoms with Crippen LogP contribution in [0.3, 0.4) is 0 Å². The van der Waals surface area contributed by atoms with Gasteiger partial charge in [0.05, 0.1) is 23.5 Å². The zero-order valence-electron chi connectivity index (χ0n) is 14.1. The predicted octanol–water partition coefficient (Wildman–Crippen LogP) is 4.24. The van der Waals surface area contributed by atoms with E-state index in [1.807, 2.05) is 35.0 Å². The molecular formula is C19H15ClF3N3O. The van der Waals surface area contributed by atoms with E-state index in [4.69, 9.17) is 11.6 Å². The summed E-state index contributed by atoms with van der Waals surface area (Å²) in [6.07, 6.45) is -1.19. The van der Waals surface area contributed by atoms with Gasteiger partial charge in [-0.25, -0.2) is 4.68 Å². The Morgan fingerprint density at radius 1 is 1.15 bits per heavy atom. The molecule has 3 aromatic rings. The molecule has 0 amide bonds. The third kappa shape index (κ3) is 3.27. The van der Waals surface area contributed by atoms with E-state index in [1.165, 1.54) is 0 Å². The van der Waals surface area contributed by atoms with Gasteiger partial charge in [0.2, 0.25) is 0 Å². The van der Waals surface area contributed by atoms with Gasteiger partial charge in [-0.3, -0.25) is 4.79 Å². The van der Waals surface area contributed by atoms with Crippen molar-refractivity contribution < 1.29 is 13.2 Å². The van der Waals surface area contributed by atoms with Crippen LogP contribution in [0, 0.1) is 0 Å². The van der Waals surface area contributed by atoms with Gasteiger partial charge in [0, 0.05) is 11.9 Å². The van der Waals surface area contributed by atoms with E-state index in [2.05, 4.69) is 5.10 Å². The van der Waals surface area contributed by atoms with Crippen molar-refractivity contribution in [1.29, 1.82) is 0 Å². The Morgan fingerprint density at radius 3 is 2.59 bits per heavy atom. The highest BCUT2D eigenvalue weighted by atomic mass is 35.5. The van der Waals surface area contributed by atoms with E-state index in [9.17, 15) is 18.0 Å². The summed E-state index contributed by atoms with van der Waals surface area (Å²) in [5, 5.41) is 4.14. The van der Waals surface area contributed by atoms with Crippen LogP contribution in [0.25, 0.3) is 5.69 Å². The SMILES string of the molecule is O=c1c(Cl)cc(C(F)(F)F)cn1Cc1nn(-c2ccccc2)c2c1CCC2. The second-order valence-corrected chi connectivity index (χ2v) is 6.89. The number of nitrogens with zero attached hydrogens (tertiary/aromatic N) is 3. The molecule has 0 atom stereocenters. The van der Waals surface area contributed by atoms with Crippen molar-refractivity contribution in [3.8, 4) is 5.69 Å². The van der Waals surface area contributed by atoms with Crippen molar-refractivity contribution >= 4 is 11.6 Å². The molecule has 0 unspecified atom stereocenters. The highest BCUT2D eigenvalue weighted by Crippen LogP contribution is 2.31. The first kappa shape index (κ1) is 17.9. The molecule has 0 radical (unpaired) electrons. The Hall–Kier alpha value is -2.54. The van der Waals surface area contributed by atoms with Crippen molar-refractivity contribution in [2.75, 3.05) is 0 Å². The first-order valence-electron chi connectivity index (χ1n) is 8.47. The number of hydrogen-bond donors (Lipinski definition) is 0. The van der Waals surface area contributed by atoms with Crippen LogP contribution in [0.5, 0.6) is 0 Å². The van der Waals surface area contributed by atoms with E-state index < -0.39 is 22.3 Å². The first-order valence-corrected chi connectivity index (χ1v) is 8.84. The molecule has 0 N–H and O–H groups in total. The smallest absolute Gasteiger partial charge is 0.308 e. The standard InChI is InChI=1S/C19H15ClF3N3O/c20-15-9-12(19(21,22)23)10-25(18(15)27)11-16-14-7-4-8-17(14)26(24-16)13-5-2-1-3-6-13/h1-3,5-6,9-10H,4,7-8,11H2. The molecule has 1 aliphatic rings. The summed E-state index contributed by atoms with van der Waals surface area (Å²) in [6, 6.07) is 10.2. The summed E-state index contributed by atoms with van der Waals surface area (Å²) >= 11 is 5.75. The Kier molecular flexibility index (Phi) is 4.34. The molecule has 1 aliphatic carbocycles. The molecule has 1 aromatic carbocycles. The zero-order chi connectivity index (χ0) is 19.2. The lowest BCUT2D eigenvalue weighted by atomic mass is 10.2.